The molecule has 0 fully saturated rings. The molecule has 5 nitrogen and oxygen atoms in total. The van der Waals surface area contributed by atoms with Crippen LogP contribution in [0, 0.1) is 0 Å². The number of alkyl halides is 3. The lowest BCUT2D eigenvalue weighted by Gasteiger charge is -2.06. The molecule has 1 heterocycles. The molecule has 0 aliphatic carbocycles. The molecule has 0 spiro atoms. The van der Waals surface area contributed by atoms with E-state index in [2.05, 4.69) is 9.94 Å². The molecule has 0 bridgehead atoms. The van der Waals surface area contributed by atoms with Crippen LogP contribution in [0.3, 0.4) is 0 Å². The van der Waals surface area contributed by atoms with Crippen molar-refractivity contribution >= 4 is 22.6 Å². The van der Waals surface area contributed by atoms with Gasteiger partial charge in [-0.15, -0.1) is 5.10 Å². The second-order valence-electron chi connectivity index (χ2n) is 3.21. The van der Waals surface area contributed by atoms with Crippen molar-refractivity contribution in [2.45, 2.75) is 6.18 Å². The normalized spacial score (nSPS) is 11.7. The number of nitrogens with two attached hydrogens (primary N) is 1. The third-order valence-electron chi connectivity index (χ3n) is 1.96. The Kier molecular flexibility index (Phi) is 2.41. The van der Waals surface area contributed by atoms with Gasteiger partial charge in [0.05, 0.1) is 6.20 Å². The van der Waals surface area contributed by atoms with E-state index in [1.807, 2.05) is 0 Å². The predicted octanol–water partition coefficient (Wildman–Crippen LogP) is 1.14. The SMILES string of the molecule is Nc1ccc2c(cnn2OC(=O)C(F)(F)F)c1. The Morgan fingerprint density at radius 1 is 1.41 bits per heavy atom. The fraction of sp³-hybridized carbons (Fsp3) is 0.111. The van der Waals surface area contributed by atoms with Gasteiger partial charge >= 0.3 is 12.1 Å². The zero-order chi connectivity index (χ0) is 12.6. The van der Waals surface area contributed by atoms with Crippen LogP contribution in [0.1, 0.15) is 0 Å². The van der Waals surface area contributed by atoms with E-state index in [1.165, 1.54) is 24.4 Å². The Morgan fingerprint density at radius 2 is 2.12 bits per heavy atom. The van der Waals surface area contributed by atoms with E-state index in [0.29, 0.717) is 15.9 Å². The minimum atomic E-state index is -5.06. The molecule has 0 saturated heterocycles. The highest BCUT2D eigenvalue weighted by molar-refractivity contribution is 5.83. The van der Waals surface area contributed by atoms with Gasteiger partial charge in [-0.25, -0.2) is 4.79 Å². The summed E-state index contributed by atoms with van der Waals surface area (Å²) < 4.78 is 35.9. The first-order chi connectivity index (χ1) is 7.88. The second-order valence-corrected chi connectivity index (χ2v) is 3.21. The van der Waals surface area contributed by atoms with Crippen LogP contribution < -0.4 is 10.6 Å². The predicted molar refractivity (Wildman–Crippen MR) is 51.8 cm³/mol. The number of nitrogen functional groups attached to an aromatic ring is 1. The van der Waals surface area contributed by atoms with Gasteiger partial charge in [-0.2, -0.15) is 13.2 Å². The van der Waals surface area contributed by atoms with Crippen molar-refractivity contribution in [3.8, 4) is 0 Å². The molecule has 1 aromatic heterocycles. The summed E-state index contributed by atoms with van der Waals surface area (Å²) in [5.74, 6) is -2.33. The minimum Gasteiger partial charge on any atom is -0.399 e. The molecule has 0 aliphatic rings. The molecular formula is C9H6F3N3O2. The monoisotopic (exact) mass is 245 g/mol. The largest absolute Gasteiger partial charge is 0.493 e. The summed E-state index contributed by atoms with van der Waals surface area (Å²) in [6.45, 7) is 0. The molecule has 0 amide bonds. The highest BCUT2D eigenvalue weighted by Crippen LogP contribution is 2.18. The number of benzene rings is 1. The lowest BCUT2D eigenvalue weighted by Crippen LogP contribution is -2.33. The standard InChI is InChI=1S/C9H6F3N3O2/c10-9(11,12)8(16)17-15-7-2-1-6(13)3-5(7)4-14-15/h1-4H,13H2. The number of anilines is 1. The number of fused-ring (bicyclic) bond motifs is 1. The highest BCUT2D eigenvalue weighted by atomic mass is 19.4. The van der Waals surface area contributed by atoms with Crippen molar-refractivity contribution in [3.05, 3.63) is 24.4 Å². The number of halogens is 3. The average molecular weight is 245 g/mol. The van der Waals surface area contributed by atoms with E-state index in [9.17, 15) is 18.0 Å². The van der Waals surface area contributed by atoms with Gasteiger partial charge in [0.1, 0.15) is 5.52 Å². The number of carbonyl (C=O) groups excluding carboxylic acids is 1. The summed E-state index contributed by atoms with van der Waals surface area (Å²) in [7, 11) is 0. The Bertz CT molecular complexity index is 576. The van der Waals surface area contributed by atoms with Gasteiger partial charge in [0.25, 0.3) is 0 Å². The Labute approximate surface area is 92.5 Å². The molecule has 8 heteroatoms. The molecule has 0 radical (unpaired) electrons. The summed E-state index contributed by atoms with van der Waals surface area (Å²) in [6, 6.07) is 4.36. The summed E-state index contributed by atoms with van der Waals surface area (Å²) in [5.41, 5.74) is 6.13. The molecule has 90 valence electrons. The Hall–Kier alpha value is -2.25. The first kappa shape index (κ1) is 11.2. The van der Waals surface area contributed by atoms with Gasteiger partial charge in [-0.05, 0) is 18.2 Å². The molecule has 0 aliphatic heterocycles. The molecule has 1 aromatic carbocycles. The molecule has 2 N–H and O–H groups in total. The van der Waals surface area contributed by atoms with E-state index in [1.54, 1.807) is 0 Å². The average Bonchev–Trinajstić information content (AvgIpc) is 2.59. The van der Waals surface area contributed by atoms with Crippen molar-refractivity contribution in [2.24, 2.45) is 0 Å². The second kappa shape index (κ2) is 3.65. The van der Waals surface area contributed by atoms with E-state index < -0.39 is 12.1 Å². The fourth-order valence-corrected chi connectivity index (χ4v) is 1.23. The third kappa shape index (κ3) is 2.14. The first-order valence-electron chi connectivity index (χ1n) is 4.40. The van der Waals surface area contributed by atoms with Gasteiger partial charge in [0, 0.05) is 11.1 Å². The lowest BCUT2D eigenvalue weighted by molar-refractivity contribution is -0.200. The molecule has 2 rings (SSSR count). The fourth-order valence-electron chi connectivity index (χ4n) is 1.23. The number of rotatable bonds is 1. The number of nitrogens with zero attached hydrogens (tertiary/aromatic N) is 2. The van der Waals surface area contributed by atoms with Crippen LogP contribution >= 0.6 is 0 Å². The van der Waals surface area contributed by atoms with Gasteiger partial charge in [0.2, 0.25) is 0 Å². The van der Waals surface area contributed by atoms with Crippen molar-refractivity contribution < 1.29 is 22.8 Å². The van der Waals surface area contributed by atoms with Crippen LogP contribution in [0.25, 0.3) is 10.9 Å². The maximum Gasteiger partial charge on any atom is 0.493 e. The summed E-state index contributed by atoms with van der Waals surface area (Å²) >= 11 is 0. The van der Waals surface area contributed by atoms with Crippen LogP contribution in [0.5, 0.6) is 0 Å². The van der Waals surface area contributed by atoms with Crippen LogP contribution in [-0.4, -0.2) is 22.1 Å². The van der Waals surface area contributed by atoms with Gasteiger partial charge < -0.3 is 10.6 Å². The maximum absolute atomic E-state index is 12.0. The van der Waals surface area contributed by atoms with Crippen molar-refractivity contribution in [1.29, 1.82) is 0 Å². The molecule has 0 unspecified atom stereocenters. The molecule has 0 atom stereocenters. The van der Waals surface area contributed by atoms with Crippen LogP contribution in [0.15, 0.2) is 24.4 Å². The van der Waals surface area contributed by atoms with E-state index in [-0.39, 0.29) is 5.52 Å². The molecule has 17 heavy (non-hydrogen) atoms. The number of hydrogen-bond acceptors (Lipinski definition) is 4. The molecule has 2 aromatic rings. The minimum absolute atomic E-state index is 0.219. The van der Waals surface area contributed by atoms with Gasteiger partial charge in [-0.3, -0.25) is 0 Å². The van der Waals surface area contributed by atoms with Gasteiger partial charge in [-0.1, -0.05) is 4.85 Å². The van der Waals surface area contributed by atoms with Crippen LogP contribution in [0.4, 0.5) is 18.9 Å². The third-order valence-corrected chi connectivity index (χ3v) is 1.96. The lowest BCUT2D eigenvalue weighted by atomic mass is 10.2. The van der Waals surface area contributed by atoms with Crippen molar-refractivity contribution in [1.82, 2.24) is 9.94 Å². The highest BCUT2D eigenvalue weighted by Gasteiger charge is 2.42. The van der Waals surface area contributed by atoms with E-state index >= 15 is 0 Å². The van der Waals surface area contributed by atoms with E-state index in [4.69, 9.17) is 5.73 Å². The summed E-state index contributed by atoms with van der Waals surface area (Å²) in [5, 5.41) is 3.98. The molecule has 0 saturated carbocycles. The maximum atomic E-state index is 12.0. The smallest absolute Gasteiger partial charge is 0.399 e. The zero-order valence-corrected chi connectivity index (χ0v) is 8.23. The first-order valence-corrected chi connectivity index (χ1v) is 4.40. The summed E-state index contributed by atoms with van der Waals surface area (Å²) in [4.78, 5) is 15.2. The number of carbonyl (C=O) groups is 1. The summed E-state index contributed by atoms with van der Waals surface area (Å²) in [6.07, 6.45) is -3.82. The Balaban J connectivity index is 2.35. The number of aromatic nitrogens is 2. The molecular weight excluding hydrogens is 239 g/mol. The van der Waals surface area contributed by atoms with Crippen molar-refractivity contribution in [3.63, 3.8) is 0 Å². The van der Waals surface area contributed by atoms with Gasteiger partial charge in [0.15, 0.2) is 0 Å². The van der Waals surface area contributed by atoms with Crippen LogP contribution in [0.2, 0.25) is 0 Å². The van der Waals surface area contributed by atoms with Crippen LogP contribution in [-0.2, 0) is 4.79 Å². The topological polar surface area (TPSA) is 70.1 Å². The zero-order valence-electron chi connectivity index (χ0n) is 8.23. The van der Waals surface area contributed by atoms with E-state index in [0.717, 1.165) is 0 Å². The Morgan fingerprint density at radius 3 is 2.76 bits per heavy atom. The number of hydrogen-bond donors (Lipinski definition) is 1. The quantitative estimate of drug-likeness (QED) is 0.765. The van der Waals surface area contributed by atoms with Crippen molar-refractivity contribution in [2.75, 3.05) is 5.73 Å².